The highest BCUT2D eigenvalue weighted by molar-refractivity contribution is 5.87. The summed E-state index contributed by atoms with van der Waals surface area (Å²) in [4.78, 5) is 10.9. The Balaban J connectivity index is 2.29. The number of ketones is 1. The Morgan fingerprint density at radius 3 is 2.62 bits per heavy atom. The molecule has 0 N–H and O–H groups in total. The molecular formula is C12H12O. The molecule has 1 saturated carbocycles. The second-order valence-electron chi connectivity index (χ2n) is 3.48. The van der Waals surface area contributed by atoms with Crippen LogP contribution in [0.25, 0.3) is 6.08 Å². The third-order valence-corrected chi connectivity index (χ3v) is 2.60. The first-order valence-corrected chi connectivity index (χ1v) is 4.54. The van der Waals surface area contributed by atoms with E-state index in [1.165, 1.54) is 11.1 Å². The monoisotopic (exact) mass is 173 g/mol. The molecule has 1 nitrogen and oxygen atoms in total. The highest BCUT2D eigenvalue weighted by Crippen LogP contribution is 2.35. The Labute approximate surface area is 78.1 Å². The van der Waals surface area contributed by atoms with E-state index in [1.54, 1.807) is 0 Å². The lowest BCUT2D eigenvalue weighted by atomic mass is 9.77. The molecule has 0 bridgehead atoms. The van der Waals surface area contributed by atoms with Crippen molar-refractivity contribution in [3.63, 3.8) is 0 Å². The van der Waals surface area contributed by atoms with E-state index >= 15 is 0 Å². The first-order valence-electron chi connectivity index (χ1n) is 4.54. The van der Waals surface area contributed by atoms with Gasteiger partial charge in [-0.3, -0.25) is 4.79 Å². The Bertz CT molecular complexity index is 344. The molecule has 1 heteroatoms. The van der Waals surface area contributed by atoms with Gasteiger partial charge < -0.3 is 0 Å². The molecule has 0 unspecified atom stereocenters. The van der Waals surface area contributed by atoms with E-state index < -0.39 is 0 Å². The molecule has 66 valence electrons. The summed E-state index contributed by atoms with van der Waals surface area (Å²) in [5.41, 5.74) is 2.44. The highest BCUT2D eigenvalue weighted by atomic mass is 16.1. The van der Waals surface area contributed by atoms with Crippen molar-refractivity contribution in [3.05, 3.63) is 42.0 Å². The van der Waals surface area contributed by atoms with Gasteiger partial charge >= 0.3 is 0 Å². The number of carbonyl (C=O) groups is 1. The van der Waals surface area contributed by atoms with Crippen molar-refractivity contribution >= 4 is 11.9 Å². The highest BCUT2D eigenvalue weighted by Gasteiger charge is 2.28. The van der Waals surface area contributed by atoms with Gasteiger partial charge in [0.05, 0.1) is 0 Å². The van der Waals surface area contributed by atoms with E-state index in [1.807, 2.05) is 24.3 Å². The quantitative estimate of drug-likeness (QED) is 0.628. The molecule has 1 aliphatic rings. The Morgan fingerprint density at radius 1 is 1.31 bits per heavy atom. The summed E-state index contributed by atoms with van der Waals surface area (Å²) >= 11 is 0. The summed E-state index contributed by atoms with van der Waals surface area (Å²) < 4.78 is 0. The lowest BCUT2D eigenvalue weighted by molar-refractivity contribution is -0.124. The summed E-state index contributed by atoms with van der Waals surface area (Å²) in [7, 11) is 0. The molecule has 0 amide bonds. The Hall–Kier alpha value is -1.37. The van der Waals surface area contributed by atoms with Crippen LogP contribution in [-0.2, 0) is 4.79 Å². The fraction of sp³-hybridized carbons (Fsp3) is 0.250. The standard InChI is InChI=1S/C12H12O/c1-2-9-5-3-4-6-12(9)10-7-11(13)8-10/h2-6,10H,1,7-8H2/i1+1. The number of hydrogen-bond donors (Lipinski definition) is 0. The summed E-state index contributed by atoms with van der Waals surface area (Å²) in [5, 5.41) is 0. The predicted octanol–water partition coefficient (Wildman–Crippen LogP) is 2.78. The minimum absolute atomic E-state index is 0.379. The van der Waals surface area contributed by atoms with E-state index in [4.69, 9.17) is 0 Å². The number of carbonyl (C=O) groups excluding carboxylic acids is 1. The van der Waals surface area contributed by atoms with Crippen LogP contribution in [0.5, 0.6) is 0 Å². The molecule has 0 heterocycles. The van der Waals surface area contributed by atoms with Gasteiger partial charge in [0.2, 0.25) is 0 Å². The average molecular weight is 173 g/mol. The normalized spacial score (nSPS) is 16.8. The first kappa shape index (κ1) is 8.24. The molecule has 0 atom stereocenters. The van der Waals surface area contributed by atoms with Crippen LogP contribution in [0.1, 0.15) is 29.9 Å². The molecule has 1 fully saturated rings. The van der Waals surface area contributed by atoms with Crippen LogP contribution in [0.15, 0.2) is 30.8 Å². The molecular weight excluding hydrogens is 161 g/mol. The van der Waals surface area contributed by atoms with Crippen LogP contribution < -0.4 is 0 Å². The third-order valence-electron chi connectivity index (χ3n) is 2.60. The van der Waals surface area contributed by atoms with Gasteiger partial charge in [-0.05, 0) is 17.0 Å². The van der Waals surface area contributed by atoms with Crippen molar-refractivity contribution in [2.45, 2.75) is 18.8 Å². The molecule has 0 aliphatic heterocycles. The van der Waals surface area contributed by atoms with Gasteiger partial charge in [-0.25, -0.2) is 0 Å². The molecule has 0 aromatic heterocycles. The van der Waals surface area contributed by atoms with Crippen molar-refractivity contribution in [2.24, 2.45) is 0 Å². The van der Waals surface area contributed by atoms with Crippen LogP contribution in [0, 0.1) is 0 Å². The van der Waals surface area contributed by atoms with E-state index in [0.717, 1.165) is 0 Å². The van der Waals surface area contributed by atoms with Crippen LogP contribution in [0.2, 0.25) is 0 Å². The molecule has 1 aliphatic carbocycles. The fourth-order valence-electron chi connectivity index (χ4n) is 1.78. The fourth-order valence-corrected chi connectivity index (χ4v) is 1.78. The molecule has 13 heavy (non-hydrogen) atoms. The second-order valence-corrected chi connectivity index (χ2v) is 3.48. The van der Waals surface area contributed by atoms with Gasteiger partial charge in [-0.1, -0.05) is 36.9 Å². The molecule has 0 spiro atoms. The van der Waals surface area contributed by atoms with Gasteiger partial charge in [0.1, 0.15) is 5.78 Å². The third kappa shape index (κ3) is 1.42. The summed E-state index contributed by atoms with van der Waals surface area (Å²) in [6.07, 6.45) is 3.29. The predicted molar refractivity (Wildman–Crippen MR) is 53.5 cm³/mol. The number of benzene rings is 1. The van der Waals surface area contributed by atoms with E-state index in [9.17, 15) is 4.79 Å². The van der Waals surface area contributed by atoms with E-state index in [2.05, 4.69) is 12.6 Å². The van der Waals surface area contributed by atoms with Crippen LogP contribution in [0.3, 0.4) is 0 Å². The van der Waals surface area contributed by atoms with Gasteiger partial charge in [-0.2, -0.15) is 0 Å². The molecule has 0 saturated heterocycles. The molecule has 1 aromatic carbocycles. The summed E-state index contributed by atoms with van der Waals surface area (Å²) in [6, 6.07) is 8.16. The SMILES string of the molecule is [13CH2]=Cc1ccccc1C1CC(=O)C1. The molecule has 0 radical (unpaired) electrons. The number of Topliss-reactive ketones (excluding diaryl/α,β-unsaturated/α-hetero) is 1. The van der Waals surface area contributed by atoms with E-state index in [0.29, 0.717) is 24.5 Å². The topological polar surface area (TPSA) is 17.1 Å². The van der Waals surface area contributed by atoms with E-state index in [-0.39, 0.29) is 0 Å². The molecule has 2 rings (SSSR count). The van der Waals surface area contributed by atoms with Crippen molar-refractivity contribution < 1.29 is 4.79 Å². The average Bonchev–Trinajstić information content (AvgIpc) is 2.13. The first-order chi connectivity index (χ1) is 6.31. The maximum atomic E-state index is 10.9. The van der Waals surface area contributed by atoms with Crippen molar-refractivity contribution in [1.82, 2.24) is 0 Å². The Kier molecular flexibility index (Phi) is 2.01. The maximum absolute atomic E-state index is 10.9. The molecule has 1 aromatic rings. The van der Waals surface area contributed by atoms with Crippen LogP contribution in [0.4, 0.5) is 0 Å². The summed E-state index contributed by atoms with van der Waals surface area (Å²) in [6.45, 7) is 3.77. The van der Waals surface area contributed by atoms with Crippen molar-refractivity contribution in [3.8, 4) is 0 Å². The van der Waals surface area contributed by atoms with Gasteiger partial charge in [0, 0.05) is 12.8 Å². The van der Waals surface area contributed by atoms with Crippen molar-refractivity contribution in [2.75, 3.05) is 0 Å². The smallest absolute Gasteiger partial charge is 0.134 e. The zero-order valence-corrected chi connectivity index (χ0v) is 7.49. The Morgan fingerprint density at radius 2 is 2.00 bits per heavy atom. The number of rotatable bonds is 2. The van der Waals surface area contributed by atoms with Gasteiger partial charge in [-0.15, -0.1) is 0 Å². The zero-order valence-electron chi connectivity index (χ0n) is 7.49. The lowest BCUT2D eigenvalue weighted by Crippen LogP contribution is -2.21. The maximum Gasteiger partial charge on any atom is 0.134 e. The second kappa shape index (κ2) is 3.17. The summed E-state index contributed by atoms with van der Waals surface area (Å²) in [5.74, 6) is 0.825. The van der Waals surface area contributed by atoms with Crippen LogP contribution in [-0.4, -0.2) is 5.78 Å². The van der Waals surface area contributed by atoms with Crippen LogP contribution >= 0.6 is 0 Å². The minimum Gasteiger partial charge on any atom is -0.300 e. The van der Waals surface area contributed by atoms with Crippen molar-refractivity contribution in [1.29, 1.82) is 0 Å². The lowest BCUT2D eigenvalue weighted by Gasteiger charge is -2.25. The largest absolute Gasteiger partial charge is 0.300 e. The zero-order chi connectivity index (χ0) is 9.26. The minimum atomic E-state index is 0.379. The van der Waals surface area contributed by atoms with Gasteiger partial charge in [0.15, 0.2) is 0 Å². The number of hydrogen-bond acceptors (Lipinski definition) is 1. The van der Waals surface area contributed by atoms with Gasteiger partial charge in [0.25, 0.3) is 0 Å².